The Bertz CT molecular complexity index is 677. The molecule has 0 aliphatic rings. The number of carbonyl (C=O) groups is 1. The van der Waals surface area contributed by atoms with Gasteiger partial charge in [-0.1, -0.05) is 17.7 Å². The molecule has 0 saturated carbocycles. The second-order valence-electron chi connectivity index (χ2n) is 4.41. The first-order valence-electron chi connectivity index (χ1n) is 6.46. The number of aryl methyl sites for hydroxylation is 1. The number of thioether (sulfide) groups is 1. The summed E-state index contributed by atoms with van der Waals surface area (Å²) in [5.74, 6) is 0.700. The van der Waals surface area contributed by atoms with Crippen molar-refractivity contribution in [3.05, 3.63) is 53.2 Å². The van der Waals surface area contributed by atoms with E-state index in [1.54, 1.807) is 18.2 Å². The molecule has 0 saturated heterocycles. The minimum Gasteiger partial charge on any atom is -0.317 e. The lowest BCUT2D eigenvalue weighted by atomic mass is 10.4. The van der Waals surface area contributed by atoms with Gasteiger partial charge >= 0.3 is 0 Å². The highest BCUT2D eigenvalue weighted by Gasteiger charge is 2.06. The SMILES string of the molecule is Cc1cccc(NC(=S)NC(=O)CSc2ccc(Cl)cc2)n1. The molecular formula is C15H14ClN3OS2. The highest BCUT2D eigenvalue weighted by atomic mass is 35.5. The van der Waals surface area contributed by atoms with Gasteiger partial charge in [-0.2, -0.15) is 0 Å². The number of nitrogens with zero attached hydrogens (tertiary/aromatic N) is 1. The van der Waals surface area contributed by atoms with E-state index in [4.69, 9.17) is 23.8 Å². The fourth-order valence-electron chi connectivity index (χ4n) is 1.60. The van der Waals surface area contributed by atoms with Crippen molar-refractivity contribution in [1.82, 2.24) is 10.3 Å². The van der Waals surface area contributed by atoms with E-state index in [1.165, 1.54) is 11.8 Å². The molecule has 1 amide bonds. The van der Waals surface area contributed by atoms with Crippen LogP contribution in [0, 0.1) is 6.92 Å². The predicted octanol–water partition coefficient (Wildman–Crippen LogP) is 3.65. The van der Waals surface area contributed by atoms with Crippen molar-refractivity contribution < 1.29 is 4.79 Å². The average Bonchev–Trinajstić information content (AvgIpc) is 2.46. The summed E-state index contributed by atoms with van der Waals surface area (Å²) in [6, 6.07) is 12.9. The molecule has 1 aromatic heterocycles. The normalized spacial score (nSPS) is 10.1. The molecule has 0 unspecified atom stereocenters. The molecule has 114 valence electrons. The molecular weight excluding hydrogens is 338 g/mol. The topological polar surface area (TPSA) is 54.0 Å². The smallest absolute Gasteiger partial charge is 0.236 e. The Morgan fingerprint density at radius 1 is 1.27 bits per heavy atom. The van der Waals surface area contributed by atoms with Crippen LogP contribution in [0.4, 0.5) is 5.82 Å². The van der Waals surface area contributed by atoms with Gasteiger partial charge in [0.2, 0.25) is 5.91 Å². The highest BCUT2D eigenvalue weighted by molar-refractivity contribution is 8.00. The van der Waals surface area contributed by atoms with Crippen LogP contribution in [0.1, 0.15) is 5.69 Å². The van der Waals surface area contributed by atoms with Gasteiger partial charge in [0.25, 0.3) is 0 Å². The van der Waals surface area contributed by atoms with E-state index in [0.29, 0.717) is 10.8 Å². The quantitative estimate of drug-likeness (QED) is 0.650. The Labute approximate surface area is 143 Å². The number of rotatable bonds is 4. The van der Waals surface area contributed by atoms with Gasteiger partial charge in [0.05, 0.1) is 5.75 Å². The fraction of sp³-hybridized carbons (Fsp3) is 0.133. The maximum absolute atomic E-state index is 11.8. The number of benzene rings is 1. The predicted molar refractivity (Wildman–Crippen MR) is 95.5 cm³/mol. The molecule has 0 fully saturated rings. The lowest BCUT2D eigenvalue weighted by Crippen LogP contribution is -2.35. The molecule has 0 radical (unpaired) electrons. The molecule has 1 aromatic carbocycles. The Morgan fingerprint density at radius 2 is 2.00 bits per heavy atom. The third-order valence-corrected chi connectivity index (χ3v) is 4.03. The van der Waals surface area contributed by atoms with Gasteiger partial charge in [0, 0.05) is 15.6 Å². The van der Waals surface area contributed by atoms with E-state index in [1.807, 2.05) is 31.2 Å². The fourth-order valence-corrected chi connectivity index (χ4v) is 2.65. The number of aromatic nitrogens is 1. The maximum Gasteiger partial charge on any atom is 0.236 e. The van der Waals surface area contributed by atoms with Gasteiger partial charge in [0.1, 0.15) is 5.82 Å². The first-order chi connectivity index (χ1) is 10.5. The summed E-state index contributed by atoms with van der Waals surface area (Å²) in [7, 11) is 0. The number of nitrogens with one attached hydrogen (secondary N) is 2. The van der Waals surface area contributed by atoms with Crippen LogP contribution in [0.15, 0.2) is 47.4 Å². The van der Waals surface area contributed by atoms with Crippen molar-refractivity contribution in [3.8, 4) is 0 Å². The van der Waals surface area contributed by atoms with Crippen molar-refractivity contribution in [2.45, 2.75) is 11.8 Å². The molecule has 2 N–H and O–H groups in total. The monoisotopic (exact) mass is 351 g/mol. The zero-order valence-corrected chi connectivity index (χ0v) is 14.2. The Hall–Kier alpha value is -1.63. The van der Waals surface area contributed by atoms with E-state index < -0.39 is 0 Å². The summed E-state index contributed by atoms with van der Waals surface area (Å²) < 4.78 is 0. The second-order valence-corrected chi connectivity index (χ2v) is 6.30. The molecule has 22 heavy (non-hydrogen) atoms. The highest BCUT2D eigenvalue weighted by Crippen LogP contribution is 2.19. The van der Waals surface area contributed by atoms with Crippen LogP contribution in [0.2, 0.25) is 5.02 Å². The van der Waals surface area contributed by atoms with Crippen molar-refractivity contribution in [2.24, 2.45) is 0 Å². The average molecular weight is 352 g/mol. The summed E-state index contributed by atoms with van der Waals surface area (Å²) in [5, 5.41) is 6.41. The number of halogens is 1. The van der Waals surface area contributed by atoms with E-state index in [0.717, 1.165) is 10.6 Å². The van der Waals surface area contributed by atoms with Crippen LogP contribution >= 0.6 is 35.6 Å². The molecule has 0 aliphatic carbocycles. The zero-order chi connectivity index (χ0) is 15.9. The van der Waals surface area contributed by atoms with E-state index in [-0.39, 0.29) is 16.8 Å². The number of carbonyl (C=O) groups excluding carboxylic acids is 1. The number of thiocarbonyl (C=S) groups is 1. The van der Waals surface area contributed by atoms with Crippen molar-refractivity contribution >= 4 is 52.4 Å². The van der Waals surface area contributed by atoms with Gasteiger partial charge in [-0.3, -0.25) is 4.79 Å². The van der Waals surface area contributed by atoms with Crippen LogP contribution in [0.5, 0.6) is 0 Å². The maximum atomic E-state index is 11.8. The standard InChI is InChI=1S/C15H14ClN3OS2/c1-10-3-2-4-13(17-10)18-15(21)19-14(20)9-22-12-7-5-11(16)6-8-12/h2-8H,9H2,1H3,(H2,17,18,19,20,21). The second kappa shape index (κ2) is 8.12. The first-order valence-corrected chi connectivity index (χ1v) is 8.23. The third-order valence-electron chi connectivity index (χ3n) is 2.57. The minimum atomic E-state index is -0.176. The van der Waals surface area contributed by atoms with E-state index >= 15 is 0 Å². The van der Waals surface area contributed by atoms with Gasteiger partial charge in [0.15, 0.2) is 5.11 Å². The number of anilines is 1. The third kappa shape index (κ3) is 5.63. The number of amides is 1. The zero-order valence-electron chi connectivity index (χ0n) is 11.8. The summed E-state index contributed by atoms with van der Waals surface area (Å²) >= 11 is 12.3. The number of pyridine rings is 1. The Morgan fingerprint density at radius 3 is 2.68 bits per heavy atom. The molecule has 4 nitrogen and oxygen atoms in total. The largest absolute Gasteiger partial charge is 0.317 e. The summed E-state index contributed by atoms with van der Waals surface area (Å²) in [5.41, 5.74) is 0.873. The van der Waals surface area contributed by atoms with Crippen LogP contribution < -0.4 is 10.6 Å². The van der Waals surface area contributed by atoms with E-state index in [9.17, 15) is 4.79 Å². The molecule has 7 heteroatoms. The molecule has 0 aliphatic heterocycles. The molecule has 0 atom stereocenters. The molecule has 0 bridgehead atoms. The molecule has 0 spiro atoms. The summed E-state index contributed by atoms with van der Waals surface area (Å²) in [6.45, 7) is 1.88. The Kier molecular flexibility index (Phi) is 6.18. The number of hydrogen-bond acceptors (Lipinski definition) is 4. The van der Waals surface area contributed by atoms with Gasteiger partial charge in [-0.15, -0.1) is 11.8 Å². The minimum absolute atomic E-state index is 0.176. The lowest BCUT2D eigenvalue weighted by molar-refractivity contribution is -0.117. The molecule has 1 heterocycles. The van der Waals surface area contributed by atoms with Gasteiger partial charge in [-0.05, 0) is 55.5 Å². The molecule has 2 rings (SSSR count). The summed E-state index contributed by atoms with van der Waals surface area (Å²) in [4.78, 5) is 17.1. The van der Waals surface area contributed by atoms with Gasteiger partial charge in [-0.25, -0.2) is 4.98 Å². The molecule has 2 aromatic rings. The van der Waals surface area contributed by atoms with E-state index in [2.05, 4.69) is 15.6 Å². The Balaban J connectivity index is 1.79. The van der Waals surface area contributed by atoms with Gasteiger partial charge < -0.3 is 10.6 Å². The first kappa shape index (κ1) is 16.7. The number of hydrogen-bond donors (Lipinski definition) is 2. The lowest BCUT2D eigenvalue weighted by Gasteiger charge is -2.09. The van der Waals surface area contributed by atoms with Crippen LogP contribution in [-0.4, -0.2) is 21.8 Å². The summed E-state index contributed by atoms with van der Waals surface area (Å²) in [6.07, 6.45) is 0. The van der Waals surface area contributed by atoms with Crippen molar-refractivity contribution in [2.75, 3.05) is 11.1 Å². The van der Waals surface area contributed by atoms with Crippen LogP contribution in [-0.2, 0) is 4.79 Å². The van der Waals surface area contributed by atoms with Crippen LogP contribution in [0.3, 0.4) is 0 Å². The van der Waals surface area contributed by atoms with Crippen molar-refractivity contribution in [1.29, 1.82) is 0 Å². The van der Waals surface area contributed by atoms with Crippen molar-refractivity contribution in [3.63, 3.8) is 0 Å². The van der Waals surface area contributed by atoms with Crippen LogP contribution in [0.25, 0.3) is 0 Å².